The predicted molar refractivity (Wildman–Crippen MR) is 52.0 cm³/mol. The molecule has 1 heterocycles. The first kappa shape index (κ1) is 9.76. The maximum Gasteiger partial charge on any atom is 0.0704 e. The van der Waals surface area contributed by atoms with E-state index in [9.17, 15) is 5.11 Å². The lowest BCUT2D eigenvalue weighted by Gasteiger charge is -2.05. The fraction of sp³-hybridized carbons (Fsp3) is 0.364. The largest absolute Gasteiger partial charge is 0.392 e. The van der Waals surface area contributed by atoms with Crippen LogP contribution in [0.5, 0.6) is 0 Å². The molecule has 0 aliphatic heterocycles. The summed E-state index contributed by atoms with van der Waals surface area (Å²) in [4.78, 5) is 4.12. The van der Waals surface area contributed by atoms with E-state index >= 15 is 0 Å². The van der Waals surface area contributed by atoms with Gasteiger partial charge in [0, 0.05) is 24.7 Å². The SMILES string of the molecule is CC#CCC(O)Cc1ccccn1. The molecule has 1 unspecified atom stereocenters. The minimum absolute atomic E-state index is 0.401. The van der Waals surface area contributed by atoms with Gasteiger partial charge in [0.05, 0.1) is 6.10 Å². The second-order valence-electron chi connectivity index (χ2n) is 2.81. The first-order chi connectivity index (χ1) is 6.33. The molecule has 1 aromatic heterocycles. The quantitative estimate of drug-likeness (QED) is 0.704. The summed E-state index contributed by atoms with van der Waals surface area (Å²) in [5.41, 5.74) is 0.910. The third-order valence-electron chi connectivity index (χ3n) is 1.69. The molecule has 0 spiro atoms. The Morgan fingerprint density at radius 1 is 1.54 bits per heavy atom. The lowest BCUT2D eigenvalue weighted by atomic mass is 10.1. The number of pyridine rings is 1. The minimum atomic E-state index is -0.401. The zero-order valence-corrected chi connectivity index (χ0v) is 7.70. The van der Waals surface area contributed by atoms with Gasteiger partial charge in [-0.2, -0.15) is 0 Å². The van der Waals surface area contributed by atoms with Crippen LogP contribution in [-0.2, 0) is 6.42 Å². The first-order valence-corrected chi connectivity index (χ1v) is 4.30. The van der Waals surface area contributed by atoms with Crippen LogP contribution in [0.4, 0.5) is 0 Å². The number of aliphatic hydroxyl groups excluding tert-OH is 1. The number of nitrogens with zero attached hydrogens (tertiary/aromatic N) is 1. The van der Waals surface area contributed by atoms with Crippen LogP contribution in [-0.4, -0.2) is 16.2 Å². The van der Waals surface area contributed by atoms with Crippen molar-refractivity contribution < 1.29 is 5.11 Å². The molecule has 1 rings (SSSR count). The van der Waals surface area contributed by atoms with Gasteiger partial charge in [0.15, 0.2) is 0 Å². The first-order valence-electron chi connectivity index (χ1n) is 4.30. The molecule has 0 aliphatic carbocycles. The zero-order valence-electron chi connectivity index (χ0n) is 7.70. The van der Waals surface area contributed by atoms with E-state index in [0.29, 0.717) is 12.8 Å². The maximum absolute atomic E-state index is 9.49. The van der Waals surface area contributed by atoms with Crippen LogP contribution in [0.1, 0.15) is 19.0 Å². The molecule has 2 nitrogen and oxygen atoms in total. The van der Waals surface area contributed by atoms with Crippen LogP contribution in [0.2, 0.25) is 0 Å². The van der Waals surface area contributed by atoms with Crippen molar-refractivity contribution in [2.24, 2.45) is 0 Å². The zero-order chi connectivity index (χ0) is 9.52. The smallest absolute Gasteiger partial charge is 0.0704 e. The van der Waals surface area contributed by atoms with Crippen molar-refractivity contribution in [2.45, 2.75) is 25.9 Å². The third kappa shape index (κ3) is 3.73. The summed E-state index contributed by atoms with van der Waals surface area (Å²) < 4.78 is 0. The number of hydrogen-bond acceptors (Lipinski definition) is 2. The molecular formula is C11H13NO. The van der Waals surface area contributed by atoms with Crippen molar-refractivity contribution in [1.82, 2.24) is 4.98 Å². The van der Waals surface area contributed by atoms with Crippen molar-refractivity contribution in [1.29, 1.82) is 0 Å². The molecule has 2 heteroatoms. The lowest BCUT2D eigenvalue weighted by Crippen LogP contribution is -2.10. The average molecular weight is 175 g/mol. The number of aliphatic hydroxyl groups is 1. The molecule has 0 radical (unpaired) electrons. The Hall–Kier alpha value is -1.33. The van der Waals surface area contributed by atoms with E-state index in [0.717, 1.165) is 5.69 Å². The Bertz CT molecular complexity index is 297. The van der Waals surface area contributed by atoms with Crippen molar-refractivity contribution >= 4 is 0 Å². The van der Waals surface area contributed by atoms with E-state index in [1.807, 2.05) is 18.2 Å². The van der Waals surface area contributed by atoms with Gasteiger partial charge in [-0.3, -0.25) is 4.98 Å². The van der Waals surface area contributed by atoms with E-state index in [1.54, 1.807) is 13.1 Å². The van der Waals surface area contributed by atoms with Crippen molar-refractivity contribution in [3.05, 3.63) is 30.1 Å². The van der Waals surface area contributed by atoms with Gasteiger partial charge in [0.25, 0.3) is 0 Å². The molecule has 1 N–H and O–H groups in total. The molecule has 1 atom stereocenters. The molecule has 0 aliphatic rings. The van der Waals surface area contributed by atoms with Gasteiger partial charge in [-0.15, -0.1) is 11.8 Å². The van der Waals surface area contributed by atoms with Gasteiger partial charge in [-0.25, -0.2) is 0 Å². The van der Waals surface area contributed by atoms with Crippen molar-refractivity contribution in [2.75, 3.05) is 0 Å². The second kappa shape index (κ2) is 5.34. The number of aromatic nitrogens is 1. The Morgan fingerprint density at radius 3 is 3.00 bits per heavy atom. The molecule has 68 valence electrons. The highest BCUT2D eigenvalue weighted by Gasteiger charge is 2.03. The van der Waals surface area contributed by atoms with Crippen molar-refractivity contribution in [3.8, 4) is 11.8 Å². The molecule has 13 heavy (non-hydrogen) atoms. The normalized spacial score (nSPS) is 11.5. The van der Waals surface area contributed by atoms with Gasteiger partial charge >= 0.3 is 0 Å². The van der Waals surface area contributed by atoms with E-state index in [4.69, 9.17) is 0 Å². The average Bonchev–Trinajstić information content (AvgIpc) is 2.16. The van der Waals surface area contributed by atoms with Crippen LogP contribution in [0.25, 0.3) is 0 Å². The van der Waals surface area contributed by atoms with E-state index < -0.39 is 6.10 Å². The molecule has 0 amide bonds. The molecule has 0 bridgehead atoms. The Balaban J connectivity index is 2.44. The van der Waals surface area contributed by atoms with Crippen LogP contribution in [0, 0.1) is 11.8 Å². The van der Waals surface area contributed by atoms with E-state index in [1.165, 1.54) is 0 Å². The van der Waals surface area contributed by atoms with Crippen LogP contribution < -0.4 is 0 Å². The highest BCUT2D eigenvalue weighted by molar-refractivity contribution is 5.06. The highest BCUT2D eigenvalue weighted by Crippen LogP contribution is 2.01. The van der Waals surface area contributed by atoms with E-state index in [2.05, 4.69) is 16.8 Å². The Kier molecular flexibility index (Phi) is 4.01. The van der Waals surface area contributed by atoms with Crippen molar-refractivity contribution in [3.63, 3.8) is 0 Å². The van der Waals surface area contributed by atoms with Crippen LogP contribution >= 0.6 is 0 Å². The Morgan fingerprint density at radius 2 is 2.38 bits per heavy atom. The highest BCUT2D eigenvalue weighted by atomic mass is 16.3. The summed E-state index contributed by atoms with van der Waals surface area (Å²) in [5.74, 6) is 5.59. The lowest BCUT2D eigenvalue weighted by molar-refractivity contribution is 0.179. The topological polar surface area (TPSA) is 33.1 Å². The minimum Gasteiger partial charge on any atom is -0.392 e. The number of hydrogen-bond donors (Lipinski definition) is 1. The molecule has 0 aromatic carbocycles. The van der Waals surface area contributed by atoms with Crippen LogP contribution in [0.3, 0.4) is 0 Å². The molecule has 0 saturated heterocycles. The van der Waals surface area contributed by atoms with Gasteiger partial charge < -0.3 is 5.11 Å². The molecule has 1 aromatic rings. The molecule has 0 fully saturated rings. The fourth-order valence-corrected chi connectivity index (χ4v) is 1.05. The second-order valence-corrected chi connectivity index (χ2v) is 2.81. The Labute approximate surface area is 78.6 Å². The summed E-state index contributed by atoms with van der Waals surface area (Å²) in [5, 5.41) is 9.49. The molecular weight excluding hydrogens is 162 g/mol. The van der Waals surface area contributed by atoms with Gasteiger partial charge in [0.1, 0.15) is 0 Å². The summed E-state index contributed by atoms with van der Waals surface area (Å²) in [6.07, 6.45) is 2.43. The van der Waals surface area contributed by atoms with E-state index in [-0.39, 0.29) is 0 Å². The summed E-state index contributed by atoms with van der Waals surface area (Å²) in [6, 6.07) is 5.69. The standard InChI is InChI=1S/C11H13NO/c1-2-3-7-11(13)9-10-6-4-5-8-12-10/h4-6,8,11,13H,7,9H2,1H3. The maximum atomic E-state index is 9.49. The predicted octanol–water partition coefficient (Wildman–Crippen LogP) is 1.40. The summed E-state index contributed by atoms with van der Waals surface area (Å²) in [6.45, 7) is 1.77. The monoisotopic (exact) mass is 175 g/mol. The van der Waals surface area contributed by atoms with Gasteiger partial charge in [0.2, 0.25) is 0 Å². The third-order valence-corrected chi connectivity index (χ3v) is 1.69. The van der Waals surface area contributed by atoms with Gasteiger partial charge in [-0.1, -0.05) is 6.07 Å². The van der Waals surface area contributed by atoms with Crippen LogP contribution in [0.15, 0.2) is 24.4 Å². The summed E-state index contributed by atoms with van der Waals surface area (Å²) >= 11 is 0. The number of rotatable bonds is 3. The fourth-order valence-electron chi connectivity index (χ4n) is 1.05. The van der Waals surface area contributed by atoms with Gasteiger partial charge in [-0.05, 0) is 19.1 Å². The summed E-state index contributed by atoms with van der Waals surface area (Å²) in [7, 11) is 0. The molecule has 0 saturated carbocycles.